The predicted octanol–water partition coefficient (Wildman–Crippen LogP) is 2.78. The molecule has 0 aliphatic carbocycles. The highest BCUT2D eigenvalue weighted by molar-refractivity contribution is 7.80. The summed E-state index contributed by atoms with van der Waals surface area (Å²) in [5.74, 6) is 0.682. The fraction of sp³-hybridized carbons (Fsp3) is 0.133. The van der Waals surface area contributed by atoms with Gasteiger partial charge in [0.15, 0.2) is 0 Å². The van der Waals surface area contributed by atoms with E-state index < -0.39 is 0 Å². The highest BCUT2D eigenvalue weighted by atomic mass is 32.1. The van der Waals surface area contributed by atoms with Crippen LogP contribution in [0.1, 0.15) is 10.4 Å². The zero-order valence-electron chi connectivity index (χ0n) is 10.4. The molecule has 0 bridgehead atoms. The quantitative estimate of drug-likeness (QED) is 0.649. The van der Waals surface area contributed by atoms with Crippen molar-refractivity contribution >= 4 is 18.5 Å². The number of benzene rings is 2. The molecule has 98 valence electrons. The molecule has 0 aliphatic heterocycles. The van der Waals surface area contributed by atoms with Crippen molar-refractivity contribution in [2.75, 3.05) is 13.2 Å². The molecular formula is C15H15NO2S. The maximum atomic E-state index is 11.8. The maximum Gasteiger partial charge on any atom is 0.251 e. The second-order valence-electron chi connectivity index (χ2n) is 3.97. The lowest BCUT2D eigenvalue weighted by atomic mass is 10.2. The van der Waals surface area contributed by atoms with E-state index in [0.29, 0.717) is 18.7 Å². The van der Waals surface area contributed by atoms with Crippen molar-refractivity contribution in [3.8, 4) is 5.75 Å². The van der Waals surface area contributed by atoms with Gasteiger partial charge in [0, 0.05) is 10.5 Å². The number of carbonyl (C=O) groups excluding carboxylic acids is 1. The lowest BCUT2D eigenvalue weighted by molar-refractivity contribution is 0.0947. The summed E-state index contributed by atoms with van der Waals surface area (Å²) in [6.07, 6.45) is 0. The molecule has 0 saturated carbocycles. The molecule has 0 atom stereocenters. The van der Waals surface area contributed by atoms with Crippen LogP contribution in [0.25, 0.3) is 0 Å². The van der Waals surface area contributed by atoms with E-state index in [1.165, 1.54) is 0 Å². The smallest absolute Gasteiger partial charge is 0.251 e. The van der Waals surface area contributed by atoms with Crippen molar-refractivity contribution in [2.24, 2.45) is 0 Å². The third-order valence-electron chi connectivity index (χ3n) is 2.51. The van der Waals surface area contributed by atoms with E-state index in [-0.39, 0.29) is 5.91 Å². The van der Waals surface area contributed by atoms with Crippen LogP contribution in [0, 0.1) is 0 Å². The third-order valence-corrected chi connectivity index (χ3v) is 2.79. The van der Waals surface area contributed by atoms with E-state index in [4.69, 9.17) is 4.74 Å². The average Bonchev–Trinajstić information content (AvgIpc) is 2.44. The molecule has 0 fully saturated rings. The Morgan fingerprint density at radius 2 is 1.89 bits per heavy atom. The summed E-state index contributed by atoms with van der Waals surface area (Å²) in [5, 5.41) is 2.80. The van der Waals surface area contributed by atoms with Crippen molar-refractivity contribution in [2.45, 2.75) is 4.90 Å². The number of thiol groups is 1. The molecule has 19 heavy (non-hydrogen) atoms. The molecule has 2 aromatic rings. The molecule has 0 saturated heterocycles. The fourth-order valence-electron chi connectivity index (χ4n) is 1.60. The van der Waals surface area contributed by atoms with E-state index in [0.717, 1.165) is 10.6 Å². The third kappa shape index (κ3) is 4.34. The number of ether oxygens (including phenoxy) is 1. The summed E-state index contributed by atoms with van der Waals surface area (Å²) in [7, 11) is 0. The first-order chi connectivity index (χ1) is 9.25. The minimum atomic E-state index is -0.118. The Labute approximate surface area is 118 Å². The summed E-state index contributed by atoms with van der Waals surface area (Å²) < 4.78 is 5.49. The molecule has 0 radical (unpaired) electrons. The Morgan fingerprint density at radius 1 is 1.11 bits per heavy atom. The number of para-hydroxylation sites is 1. The molecule has 0 aliphatic rings. The topological polar surface area (TPSA) is 38.3 Å². The lowest BCUT2D eigenvalue weighted by Crippen LogP contribution is -2.28. The second-order valence-corrected chi connectivity index (χ2v) is 4.48. The molecule has 0 spiro atoms. The monoisotopic (exact) mass is 273 g/mol. The molecule has 3 nitrogen and oxygen atoms in total. The van der Waals surface area contributed by atoms with E-state index in [1.807, 2.05) is 36.4 Å². The molecule has 0 aromatic heterocycles. The summed E-state index contributed by atoms with van der Waals surface area (Å²) in [5.41, 5.74) is 0.604. The predicted molar refractivity (Wildman–Crippen MR) is 78.0 cm³/mol. The van der Waals surface area contributed by atoms with Crippen LogP contribution < -0.4 is 10.1 Å². The van der Waals surface area contributed by atoms with Crippen molar-refractivity contribution in [1.29, 1.82) is 0 Å². The van der Waals surface area contributed by atoms with Gasteiger partial charge >= 0.3 is 0 Å². The maximum absolute atomic E-state index is 11.8. The zero-order chi connectivity index (χ0) is 13.5. The van der Waals surface area contributed by atoms with Gasteiger partial charge in [-0.3, -0.25) is 4.79 Å². The number of amides is 1. The average molecular weight is 273 g/mol. The summed E-state index contributed by atoms with van der Waals surface area (Å²) in [6.45, 7) is 0.904. The van der Waals surface area contributed by atoms with Crippen LogP contribution in [0.5, 0.6) is 5.75 Å². The van der Waals surface area contributed by atoms with Crippen LogP contribution in [0.15, 0.2) is 59.5 Å². The zero-order valence-corrected chi connectivity index (χ0v) is 11.3. The van der Waals surface area contributed by atoms with Gasteiger partial charge in [0.05, 0.1) is 6.54 Å². The van der Waals surface area contributed by atoms with E-state index in [2.05, 4.69) is 17.9 Å². The standard InChI is InChI=1S/C15H15NO2S/c17-15(12-5-4-8-14(19)11-12)16-9-10-18-13-6-2-1-3-7-13/h1-8,11,19H,9-10H2,(H,16,17). The molecule has 1 N–H and O–H groups in total. The van der Waals surface area contributed by atoms with Crippen LogP contribution in [0.4, 0.5) is 0 Å². The molecule has 2 aromatic carbocycles. The first-order valence-corrected chi connectivity index (χ1v) is 6.45. The number of hydrogen-bond donors (Lipinski definition) is 2. The van der Waals surface area contributed by atoms with E-state index in [1.54, 1.807) is 18.2 Å². The highest BCUT2D eigenvalue weighted by Crippen LogP contribution is 2.09. The largest absolute Gasteiger partial charge is 0.492 e. The minimum absolute atomic E-state index is 0.118. The van der Waals surface area contributed by atoms with Gasteiger partial charge in [0.1, 0.15) is 12.4 Å². The molecule has 4 heteroatoms. The van der Waals surface area contributed by atoms with Gasteiger partial charge in [-0.05, 0) is 30.3 Å². The molecule has 0 unspecified atom stereocenters. The van der Waals surface area contributed by atoms with Crippen molar-refractivity contribution in [1.82, 2.24) is 5.32 Å². The van der Waals surface area contributed by atoms with E-state index in [9.17, 15) is 4.79 Å². The normalized spacial score (nSPS) is 9.95. The fourth-order valence-corrected chi connectivity index (χ4v) is 1.82. The van der Waals surface area contributed by atoms with Crippen LogP contribution in [-0.4, -0.2) is 19.1 Å². The Balaban J connectivity index is 1.75. The summed E-state index contributed by atoms with van der Waals surface area (Å²) in [4.78, 5) is 12.6. The Bertz CT molecular complexity index is 543. The Kier molecular flexibility index (Phi) is 4.86. The van der Waals surface area contributed by atoms with Gasteiger partial charge in [-0.2, -0.15) is 0 Å². The molecule has 1 amide bonds. The van der Waals surface area contributed by atoms with Crippen LogP contribution in [0.3, 0.4) is 0 Å². The first kappa shape index (κ1) is 13.5. The minimum Gasteiger partial charge on any atom is -0.492 e. The highest BCUT2D eigenvalue weighted by Gasteiger charge is 2.04. The number of rotatable bonds is 5. The van der Waals surface area contributed by atoms with Gasteiger partial charge < -0.3 is 10.1 Å². The van der Waals surface area contributed by atoms with Gasteiger partial charge in [0.25, 0.3) is 5.91 Å². The second kappa shape index (κ2) is 6.85. The Hall–Kier alpha value is -1.94. The van der Waals surface area contributed by atoms with E-state index >= 15 is 0 Å². The lowest BCUT2D eigenvalue weighted by Gasteiger charge is -2.07. The van der Waals surface area contributed by atoms with Gasteiger partial charge in [-0.25, -0.2) is 0 Å². The van der Waals surface area contributed by atoms with Gasteiger partial charge in [-0.15, -0.1) is 12.6 Å². The molecular weight excluding hydrogens is 258 g/mol. The molecule has 0 heterocycles. The SMILES string of the molecule is O=C(NCCOc1ccccc1)c1cccc(S)c1. The van der Waals surface area contributed by atoms with Gasteiger partial charge in [0.2, 0.25) is 0 Å². The van der Waals surface area contributed by atoms with Crippen LogP contribution >= 0.6 is 12.6 Å². The molecule has 2 rings (SSSR count). The van der Waals surface area contributed by atoms with Crippen molar-refractivity contribution in [3.63, 3.8) is 0 Å². The van der Waals surface area contributed by atoms with Crippen molar-refractivity contribution < 1.29 is 9.53 Å². The number of hydrogen-bond acceptors (Lipinski definition) is 3. The summed E-state index contributed by atoms with van der Waals surface area (Å²) >= 11 is 4.20. The van der Waals surface area contributed by atoms with Crippen LogP contribution in [0.2, 0.25) is 0 Å². The van der Waals surface area contributed by atoms with Crippen molar-refractivity contribution in [3.05, 3.63) is 60.2 Å². The van der Waals surface area contributed by atoms with Crippen LogP contribution in [-0.2, 0) is 0 Å². The number of nitrogens with one attached hydrogen (secondary N) is 1. The summed E-state index contributed by atoms with van der Waals surface area (Å²) in [6, 6.07) is 16.6. The Morgan fingerprint density at radius 3 is 2.63 bits per heavy atom. The van der Waals surface area contributed by atoms with Gasteiger partial charge in [-0.1, -0.05) is 24.3 Å². The number of carbonyl (C=O) groups is 1. The first-order valence-electron chi connectivity index (χ1n) is 6.01.